The van der Waals surface area contributed by atoms with Crippen LogP contribution in [0.3, 0.4) is 0 Å². The number of hydrazine groups is 1. The normalized spacial score (nSPS) is 12.5. The molecule has 0 aliphatic heterocycles. The lowest BCUT2D eigenvalue weighted by molar-refractivity contribution is -0.137. The fourth-order valence-electron chi connectivity index (χ4n) is 0.475. The molecule has 0 bridgehead atoms. The lowest BCUT2D eigenvalue weighted by atomic mass is 10.3. The molecule has 7 heteroatoms. The molecule has 0 spiro atoms. The summed E-state index contributed by atoms with van der Waals surface area (Å²) in [7, 11) is 0. The van der Waals surface area contributed by atoms with Crippen LogP contribution in [0.25, 0.3) is 0 Å². The summed E-state index contributed by atoms with van der Waals surface area (Å²) < 4.78 is 4.09. The van der Waals surface area contributed by atoms with Gasteiger partial charge in [-0.2, -0.15) is 0 Å². The zero-order chi connectivity index (χ0) is 10.3. The highest BCUT2D eigenvalue weighted by Gasteiger charge is 2.14. The molecule has 0 aromatic carbocycles. The molecule has 0 fully saturated rings. The number of nitrogens with one attached hydrogen (secondary N) is 1. The number of ether oxygens (including phenoxy) is 1. The SMILES string of the molecule is NNC(=O)OC(=O)C(N)/C=C/CO. The number of hydrogen-bond donors (Lipinski definition) is 4. The van der Waals surface area contributed by atoms with Crippen molar-refractivity contribution in [1.29, 1.82) is 0 Å². The van der Waals surface area contributed by atoms with Crippen molar-refractivity contribution in [2.45, 2.75) is 6.04 Å². The number of rotatable bonds is 3. The first-order valence-electron chi connectivity index (χ1n) is 3.37. The summed E-state index contributed by atoms with van der Waals surface area (Å²) in [5.74, 6) is 3.69. The molecule has 0 aromatic heterocycles. The first-order valence-corrected chi connectivity index (χ1v) is 3.37. The first kappa shape index (κ1) is 11.6. The predicted molar refractivity (Wildman–Crippen MR) is 43.0 cm³/mol. The van der Waals surface area contributed by atoms with E-state index in [1.165, 1.54) is 12.2 Å². The van der Waals surface area contributed by atoms with E-state index in [2.05, 4.69) is 10.6 Å². The van der Waals surface area contributed by atoms with Crippen molar-refractivity contribution in [2.24, 2.45) is 11.6 Å². The second-order valence-electron chi connectivity index (χ2n) is 1.99. The maximum Gasteiger partial charge on any atom is 0.429 e. The third kappa shape index (κ3) is 4.90. The fourth-order valence-corrected chi connectivity index (χ4v) is 0.475. The Kier molecular flexibility index (Phi) is 5.44. The minimum Gasteiger partial charge on any atom is -0.392 e. The van der Waals surface area contributed by atoms with Crippen molar-refractivity contribution in [3.05, 3.63) is 12.2 Å². The highest BCUT2D eigenvalue weighted by molar-refractivity contribution is 5.88. The standard InChI is InChI=1S/C6H11N3O4/c7-4(2-1-3-10)5(11)13-6(12)9-8/h1-2,4,10H,3,7-8H2,(H,9,12)/b2-1+. The van der Waals surface area contributed by atoms with Gasteiger partial charge in [-0.3, -0.25) is 5.43 Å². The minimum atomic E-state index is -1.09. The van der Waals surface area contributed by atoms with E-state index in [9.17, 15) is 9.59 Å². The predicted octanol–water partition coefficient (Wildman–Crippen LogP) is -2.01. The van der Waals surface area contributed by atoms with E-state index in [0.29, 0.717) is 0 Å². The molecule has 0 saturated carbocycles. The average molecular weight is 189 g/mol. The number of nitrogens with two attached hydrogens (primary N) is 2. The zero-order valence-corrected chi connectivity index (χ0v) is 6.77. The second kappa shape index (κ2) is 6.12. The Morgan fingerprint density at radius 3 is 2.69 bits per heavy atom. The van der Waals surface area contributed by atoms with Crippen molar-refractivity contribution < 1.29 is 19.4 Å². The smallest absolute Gasteiger partial charge is 0.392 e. The second-order valence-corrected chi connectivity index (χ2v) is 1.99. The van der Waals surface area contributed by atoms with Gasteiger partial charge in [0.15, 0.2) is 0 Å². The Bertz CT molecular complexity index is 216. The molecule has 13 heavy (non-hydrogen) atoms. The Hall–Kier alpha value is -1.44. The lowest BCUT2D eigenvalue weighted by Gasteiger charge is -2.04. The monoisotopic (exact) mass is 189 g/mol. The molecule has 1 unspecified atom stereocenters. The number of aliphatic hydroxyl groups is 1. The zero-order valence-electron chi connectivity index (χ0n) is 6.77. The molecule has 0 saturated heterocycles. The van der Waals surface area contributed by atoms with Crippen LogP contribution in [0.15, 0.2) is 12.2 Å². The molecule has 0 heterocycles. The van der Waals surface area contributed by atoms with Crippen LogP contribution in [-0.2, 0) is 9.53 Å². The summed E-state index contributed by atoms with van der Waals surface area (Å²) in [5, 5.41) is 8.33. The van der Waals surface area contributed by atoms with Crippen LogP contribution >= 0.6 is 0 Å². The van der Waals surface area contributed by atoms with Crippen LogP contribution in [0.1, 0.15) is 0 Å². The molecule has 7 nitrogen and oxygen atoms in total. The van der Waals surface area contributed by atoms with Crippen LogP contribution in [0.5, 0.6) is 0 Å². The summed E-state index contributed by atoms with van der Waals surface area (Å²) in [6.07, 6.45) is 1.37. The molecule has 0 aliphatic carbocycles. The molecule has 6 N–H and O–H groups in total. The summed E-state index contributed by atoms with van der Waals surface area (Å²) >= 11 is 0. The maximum absolute atomic E-state index is 10.8. The molecule has 1 atom stereocenters. The molecular formula is C6H11N3O4. The van der Waals surface area contributed by atoms with Crippen LogP contribution in [0, 0.1) is 0 Å². The van der Waals surface area contributed by atoms with Gasteiger partial charge in [0.05, 0.1) is 6.61 Å². The van der Waals surface area contributed by atoms with Crippen molar-refractivity contribution >= 4 is 12.1 Å². The molecule has 74 valence electrons. The van der Waals surface area contributed by atoms with Gasteiger partial charge in [0.1, 0.15) is 6.04 Å². The quantitative estimate of drug-likeness (QED) is 0.101. The molecule has 0 rings (SSSR count). The highest BCUT2D eigenvalue weighted by atomic mass is 16.6. The van der Waals surface area contributed by atoms with Crippen LogP contribution in [-0.4, -0.2) is 29.8 Å². The van der Waals surface area contributed by atoms with Crippen LogP contribution in [0.4, 0.5) is 4.79 Å². The number of aliphatic hydroxyl groups excluding tert-OH is 1. The van der Waals surface area contributed by atoms with Gasteiger partial charge in [-0.15, -0.1) is 0 Å². The van der Waals surface area contributed by atoms with Gasteiger partial charge in [-0.25, -0.2) is 15.4 Å². The van der Waals surface area contributed by atoms with Gasteiger partial charge in [0, 0.05) is 0 Å². The minimum absolute atomic E-state index is 0.246. The number of carbonyl (C=O) groups is 2. The summed E-state index contributed by atoms with van der Waals surface area (Å²) in [4.78, 5) is 21.2. The van der Waals surface area contributed by atoms with Gasteiger partial charge < -0.3 is 15.6 Å². The summed E-state index contributed by atoms with van der Waals surface area (Å²) in [5.41, 5.74) is 6.81. The fraction of sp³-hybridized carbons (Fsp3) is 0.333. The van der Waals surface area contributed by atoms with E-state index in [1.807, 2.05) is 0 Å². The van der Waals surface area contributed by atoms with E-state index >= 15 is 0 Å². The first-order chi connectivity index (χ1) is 6.11. The molecule has 0 aliphatic rings. The Labute approximate surface area is 74.3 Å². The number of esters is 1. The molecule has 1 amide bonds. The van der Waals surface area contributed by atoms with E-state index in [-0.39, 0.29) is 6.61 Å². The topological polar surface area (TPSA) is 128 Å². The van der Waals surface area contributed by atoms with Gasteiger partial charge >= 0.3 is 12.1 Å². The Balaban J connectivity index is 3.96. The van der Waals surface area contributed by atoms with Crippen LogP contribution in [0.2, 0.25) is 0 Å². The van der Waals surface area contributed by atoms with E-state index < -0.39 is 18.1 Å². The number of amides is 1. The number of hydrogen-bond acceptors (Lipinski definition) is 6. The molecule has 0 aromatic rings. The lowest BCUT2D eigenvalue weighted by Crippen LogP contribution is -2.38. The van der Waals surface area contributed by atoms with E-state index in [0.717, 1.165) is 0 Å². The van der Waals surface area contributed by atoms with Crippen molar-refractivity contribution in [1.82, 2.24) is 5.43 Å². The van der Waals surface area contributed by atoms with Crippen molar-refractivity contribution in [3.63, 3.8) is 0 Å². The molecular weight excluding hydrogens is 178 g/mol. The van der Waals surface area contributed by atoms with Crippen LogP contribution < -0.4 is 17.0 Å². The Morgan fingerprint density at radius 2 is 2.23 bits per heavy atom. The van der Waals surface area contributed by atoms with Gasteiger partial charge in [-0.05, 0) is 0 Å². The average Bonchev–Trinajstić information content (AvgIpc) is 2.13. The summed E-state index contributed by atoms with van der Waals surface area (Å²) in [6, 6.07) is -1.09. The van der Waals surface area contributed by atoms with Gasteiger partial charge in [-0.1, -0.05) is 12.2 Å². The largest absolute Gasteiger partial charge is 0.429 e. The van der Waals surface area contributed by atoms with Gasteiger partial charge in [0.2, 0.25) is 0 Å². The Morgan fingerprint density at radius 1 is 1.62 bits per heavy atom. The van der Waals surface area contributed by atoms with Gasteiger partial charge in [0.25, 0.3) is 0 Å². The maximum atomic E-state index is 10.8. The number of carbonyl (C=O) groups excluding carboxylic acids is 2. The summed E-state index contributed by atoms with van der Waals surface area (Å²) in [6.45, 7) is -0.246. The highest BCUT2D eigenvalue weighted by Crippen LogP contribution is 1.88. The third-order valence-corrected chi connectivity index (χ3v) is 1.03. The van der Waals surface area contributed by atoms with E-state index in [1.54, 1.807) is 5.43 Å². The third-order valence-electron chi connectivity index (χ3n) is 1.03. The van der Waals surface area contributed by atoms with Crippen molar-refractivity contribution in [2.75, 3.05) is 6.61 Å². The van der Waals surface area contributed by atoms with Crippen molar-refractivity contribution in [3.8, 4) is 0 Å². The van der Waals surface area contributed by atoms with E-state index in [4.69, 9.17) is 10.8 Å². The molecule has 0 radical (unpaired) electrons.